The molecule has 1 aliphatic heterocycles. The molecule has 0 aliphatic carbocycles. The predicted molar refractivity (Wildman–Crippen MR) is 34.8 cm³/mol. The number of rotatable bonds is 1. The fourth-order valence-electron chi connectivity index (χ4n) is 0.857. The molecule has 0 aromatic carbocycles. The third kappa shape index (κ3) is 1.72. The van der Waals surface area contributed by atoms with Crippen molar-refractivity contribution >= 4 is 0 Å². The van der Waals surface area contributed by atoms with Crippen LogP contribution in [-0.2, 0) is 9.47 Å². The zero-order chi connectivity index (χ0) is 6.69. The zero-order valence-corrected chi connectivity index (χ0v) is 5.83. The first kappa shape index (κ1) is 6.62. The second kappa shape index (κ2) is 2.87. The molecule has 1 aliphatic rings. The van der Waals surface area contributed by atoms with Crippen LogP contribution in [0.1, 0.15) is 13.3 Å². The summed E-state index contributed by atoms with van der Waals surface area (Å²) in [6.45, 7) is 2.14. The van der Waals surface area contributed by atoms with Gasteiger partial charge in [-0.3, -0.25) is 0 Å². The summed E-state index contributed by atoms with van der Waals surface area (Å²) in [5.74, 6) is 0.587. The molecule has 0 fully saturated rings. The molecule has 2 nitrogen and oxygen atoms in total. The van der Waals surface area contributed by atoms with Crippen molar-refractivity contribution in [1.82, 2.24) is 0 Å². The van der Waals surface area contributed by atoms with Gasteiger partial charge in [0.15, 0.2) is 6.29 Å². The second-order valence-electron chi connectivity index (χ2n) is 2.34. The van der Waals surface area contributed by atoms with Gasteiger partial charge in [-0.05, 0) is 12.0 Å². The first-order valence-electron chi connectivity index (χ1n) is 3.18. The molecule has 0 amide bonds. The fraction of sp³-hybridized carbons (Fsp3) is 0.714. The van der Waals surface area contributed by atoms with E-state index < -0.39 is 0 Å². The molecule has 0 saturated heterocycles. The second-order valence-corrected chi connectivity index (χ2v) is 2.34. The van der Waals surface area contributed by atoms with Crippen LogP contribution in [-0.4, -0.2) is 13.4 Å². The minimum absolute atomic E-state index is 0.0231. The van der Waals surface area contributed by atoms with Crippen molar-refractivity contribution in [3.63, 3.8) is 0 Å². The lowest BCUT2D eigenvalue weighted by Crippen LogP contribution is -2.18. The van der Waals surface area contributed by atoms with Crippen LogP contribution >= 0.6 is 0 Å². The highest BCUT2D eigenvalue weighted by Gasteiger charge is 2.13. The summed E-state index contributed by atoms with van der Waals surface area (Å²) >= 11 is 0. The third-order valence-corrected chi connectivity index (χ3v) is 1.46. The van der Waals surface area contributed by atoms with Gasteiger partial charge in [0.25, 0.3) is 0 Å². The molecule has 0 spiro atoms. The molecular formula is C7H12O2. The lowest BCUT2D eigenvalue weighted by Gasteiger charge is -2.21. The van der Waals surface area contributed by atoms with Crippen LogP contribution in [0, 0.1) is 5.92 Å². The van der Waals surface area contributed by atoms with Gasteiger partial charge >= 0.3 is 0 Å². The molecule has 1 rings (SSSR count). The van der Waals surface area contributed by atoms with Gasteiger partial charge in [-0.15, -0.1) is 0 Å². The lowest BCUT2D eigenvalue weighted by atomic mass is 10.1. The van der Waals surface area contributed by atoms with Crippen molar-refractivity contribution < 1.29 is 9.47 Å². The molecule has 0 bridgehead atoms. The van der Waals surface area contributed by atoms with Gasteiger partial charge in [0.05, 0.1) is 6.26 Å². The van der Waals surface area contributed by atoms with Crippen molar-refractivity contribution in [2.45, 2.75) is 19.6 Å². The first-order valence-corrected chi connectivity index (χ1v) is 3.18. The Labute approximate surface area is 55.5 Å². The normalized spacial score (nSPS) is 34.0. The number of ether oxygens (including phenoxy) is 2. The monoisotopic (exact) mass is 128 g/mol. The van der Waals surface area contributed by atoms with Crippen LogP contribution in [0.2, 0.25) is 0 Å². The van der Waals surface area contributed by atoms with Gasteiger partial charge in [-0.1, -0.05) is 6.92 Å². The highest BCUT2D eigenvalue weighted by molar-refractivity contribution is 4.85. The van der Waals surface area contributed by atoms with Crippen molar-refractivity contribution in [3.05, 3.63) is 12.3 Å². The van der Waals surface area contributed by atoms with Gasteiger partial charge in [0.2, 0.25) is 0 Å². The van der Waals surface area contributed by atoms with Gasteiger partial charge in [0, 0.05) is 13.5 Å². The van der Waals surface area contributed by atoms with E-state index in [2.05, 4.69) is 6.92 Å². The smallest absolute Gasteiger partial charge is 0.199 e. The summed E-state index contributed by atoms with van der Waals surface area (Å²) in [6, 6.07) is 0. The highest BCUT2D eigenvalue weighted by Crippen LogP contribution is 2.16. The van der Waals surface area contributed by atoms with Gasteiger partial charge in [-0.25, -0.2) is 0 Å². The molecule has 52 valence electrons. The molecule has 0 aromatic rings. The Morgan fingerprint density at radius 3 is 2.89 bits per heavy atom. The lowest BCUT2D eigenvalue weighted by molar-refractivity contribution is -0.0993. The first-order chi connectivity index (χ1) is 4.33. The largest absolute Gasteiger partial charge is 0.473 e. The maximum Gasteiger partial charge on any atom is 0.199 e. The number of hydrogen-bond acceptors (Lipinski definition) is 2. The summed E-state index contributed by atoms with van der Waals surface area (Å²) in [7, 11) is 1.66. The van der Waals surface area contributed by atoms with E-state index in [9.17, 15) is 0 Å². The van der Waals surface area contributed by atoms with Crippen LogP contribution in [0.3, 0.4) is 0 Å². The SMILES string of the molecule is CO[C@H]1C[C@@H](C)C=CO1. The molecule has 0 N–H and O–H groups in total. The molecule has 0 radical (unpaired) electrons. The van der Waals surface area contributed by atoms with E-state index in [4.69, 9.17) is 9.47 Å². The third-order valence-electron chi connectivity index (χ3n) is 1.46. The molecule has 2 atom stereocenters. The maximum atomic E-state index is 5.09. The number of methoxy groups -OCH3 is 1. The van der Waals surface area contributed by atoms with Gasteiger partial charge < -0.3 is 9.47 Å². The molecule has 2 heteroatoms. The minimum Gasteiger partial charge on any atom is -0.473 e. The molecule has 0 saturated carbocycles. The van der Waals surface area contributed by atoms with E-state index >= 15 is 0 Å². The summed E-state index contributed by atoms with van der Waals surface area (Å²) in [4.78, 5) is 0. The van der Waals surface area contributed by atoms with Crippen LogP contribution < -0.4 is 0 Å². The number of hydrogen-bond donors (Lipinski definition) is 0. The Hall–Kier alpha value is -0.500. The van der Waals surface area contributed by atoms with Crippen LogP contribution in [0.15, 0.2) is 12.3 Å². The van der Waals surface area contributed by atoms with Crippen molar-refractivity contribution in [2.24, 2.45) is 5.92 Å². The maximum absolute atomic E-state index is 5.09. The van der Waals surface area contributed by atoms with E-state index in [-0.39, 0.29) is 6.29 Å². The Bertz CT molecular complexity index is 109. The molecule has 9 heavy (non-hydrogen) atoms. The van der Waals surface area contributed by atoms with E-state index in [0.717, 1.165) is 6.42 Å². The van der Waals surface area contributed by atoms with E-state index in [1.165, 1.54) is 0 Å². The highest BCUT2D eigenvalue weighted by atomic mass is 16.7. The predicted octanol–water partition coefficient (Wildman–Crippen LogP) is 1.53. The summed E-state index contributed by atoms with van der Waals surface area (Å²) in [5, 5.41) is 0. The van der Waals surface area contributed by atoms with E-state index in [1.54, 1.807) is 13.4 Å². The Kier molecular flexibility index (Phi) is 2.11. The van der Waals surface area contributed by atoms with Crippen LogP contribution in [0.5, 0.6) is 0 Å². The van der Waals surface area contributed by atoms with E-state index in [1.807, 2.05) is 6.08 Å². The Morgan fingerprint density at radius 2 is 2.44 bits per heavy atom. The van der Waals surface area contributed by atoms with Crippen molar-refractivity contribution in [1.29, 1.82) is 0 Å². The van der Waals surface area contributed by atoms with Crippen molar-refractivity contribution in [3.8, 4) is 0 Å². The quantitative estimate of drug-likeness (QED) is 0.533. The summed E-state index contributed by atoms with van der Waals surface area (Å²) < 4.78 is 10.1. The summed E-state index contributed by atoms with van der Waals surface area (Å²) in [6.07, 6.45) is 4.69. The topological polar surface area (TPSA) is 18.5 Å². The molecule has 1 heterocycles. The van der Waals surface area contributed by atoms with Gasteiger partial charge in [0.1, 0.15) is 0 Å². The minimum atomic E-state index is -0.0231. The standard InChI is InChI=1S/C7H12O2/c1-6-3-4-9-7(5-6)8-2/h3-4,6-7H,5H2,1-2H3/t6-,7+/m0/s1. The average molecular weight is 128 g/mol. The van der Waals surface area contributed by atoms with Crippen molar-refractivity contribution in [2.75, 3.05) is 7.11 Å². The van der Waals surface area contributed by atoms with E-state index in [0.29, 0.717) is 5.92 Å². The Balaban J connectivity index is 2.38. The number of allylic oxidation sites excluding steroid dienone is 1. The Morgan fingerprint density at radius 1 is 1.67 bits per heavy atom. The fourth-order valence-corrected chi connectivity index (χ4v) is 0.857. The molecule has 0 aromatic heterocycles. The molecule has 0 unspecified atom stereocenters. The summed E-state index contributed by atoms with van der Waals surface area (Å²) in [5.41, 5.74) is 0. The van der Waals surface area contributed by atoms with Crippen LogP contribution in [0.4, 0.5) is 0 Å². The van der Waals surface area contributed by atoms with Gasteiger partial charge in [-0.2, -0.15) is 0 Å². The zero-order valence-electron chi connectivity index (χ0n) is 5.83. The van der Waals surface area contributed by atoms with Crippen LogP contribution in [0.25, 0.3) is 0 Å². The average Bonchev–Trinajstić information content (AvgIpc) is 1.88. The molecular weight excluding hydrogens is 116 g/mol.